The van der Waals surface area contributed by atoms with Crippen molar-refractivity contribution in [3.63, 3.8) is 0 Å². The lowest BCUT2D eigenvalue weighted by molar-refractivity contribution is 0.159. The van der Waals surface area contributed by atoms with E-state index >= 15 is 0 Å². The summed E-state index contributed by atoms with van der Waals surface area (Å²) in [6.07, 6.45) is 8.31. The first-order valence-electron chi connectivity index (χ1n) is 7.53. The first-order valence-corrected chi connectivity index (χ1v) is 7.53. The van der Waals surface area contributed by atoms with Crippen molar-refractivity contribution in [3.05, 3.63) is 0 Å². The lowest BCUT2D eigenvalue weighted by Gasteiger charge is -2.33. The topological polar surface area (TPSA) is 58.4 Å². The summed E-state index contributed by atoms with van der Waals surface area (Å²) >= 11 is 0. The Morgan fingerprint density at radius 2 is 1.94 bits per heavy atom. The Hall–Kier alpha value is -0.770. The molecule has 0 aliphatic heterocycles. The highest BCUT2D eigenvalue weighted by atomic mass is 16.2. The minimum absolute atomic E-state index is 0.134. The van der Waals surface area contributed by atoms with E-state index in [0.717, 1.165) is 25.8 Å². The monoisotopic (exact) mass is 253 g/mol. The van der Waals surface area contributed by atoms with E-state index in [2.05, 4.69) is 12.2 Å². The third-order valence-electron chi connectivity index (χ3n) is 4.61. The van der Waals surface area contributed by atoms with Gasteiger partial charge in [-0.1, -0.05) is 19.3 Å². The fourth-order valence-electron chi connectivity index (χ4n) is 3.56. The van der Waals surface area contributed by atoms with Gasteiger partial charge in [0.2, 0.25) is 0 Å². The largest absolute Gasteiger partial charge is 0.335 e. The molecule has 0 aromatic carbocycles. The molecule has 0 saturated heterocycles. The van der Waals surface area contributed by atoms with Crippen LogP contribution in [-0.2, 0) is 0 Å². The van der Waals surface area contributed by atoms with Crippen LogP contribution in [0.3, 0.4) is 0 Å². The lowest BCUT2D eigenvalue weighted by Crippen LogP contribution is -2.50. The Kier molecular flexibility index (Phi) is 4.87. The fraction of sp³-hybridized carbons (Fsp3) is 0.929. The molecule has 18 heavy (non-hydrogen) atoms. The van der Waals surface area contributed by atoms with E-state index in [1.165, 1.54) is 25.7 Å². The van der Waals surface area contributed by atoms with E-state index in [9.17, 15) is 4.79 Å². The van der Waals surface area contributed by atoms with E-state index in [1.54, 1.807) is 0 Å². The second kappa shape index (κ2) is 6.41. The number of hydrogen-bond acceptors (Lipinski definition) is 2. The molecule has 2 amide bonds. The van der Waals surface area contributed by atoms with Crippen molar-refractivity contribution in [2.75, 3.05) is 13.1 Å². The lowest BCUT2D eigenvalue weighted by atomic mass is 10.0. The molecule has 0 bridgehead atoms. The zero-order valence-corrected chi connectivity index (χ0v) is 11.5. The molecule has 0 heterocycles. The molecule has 0 spiro atoms. The number of nitrogens with two attached hydrogens (primary N) is 1. The first-order chi connectivity index (χ1) is 8.76. The van der Waals surface area contributed by atoms with Crippen molar-refractivity contribution in [2.45, 2.75) is 64.0 Å². The molecule has 2 saturated carbocycles. The molecule has 2 unspecified atom stereocenters. The molecule has 0 aromatic rings. The predicted octanol–water partition coefficient (Wildman–Crippen LogP) is 2.09. The highest BCUT2D eigenvalue weighted by Crippen LogP contribution is 2.29. The molecule has 2 atom stereocenters. The van der Waals surface area contributed by atoms with Crippen molar-refractivity contribution in [1.82, 2.24) is 10.2 Å². The SMILES string of the molecule is CCN(C(=O)NC1CCCC1)C1CCCC1CN. The predicted molar refractivity (Wildman–Crippen MR) is 73.4 cm³/mol. The first kappa shape index (κ1) is 13.7. The van der Waals surface area contributed by atoms with Crippen molar-refractivity contribution in [3.8, 4) is 0 Å². The average molecular weight is 253 g/mol. The van der Waals surface area contributed by atoms with Gasteiger partial charge in [-0.2, -0.15) is 0 Å². The third kappa shape index (κ3) is 2.97. The number of nitrogens with zero attached hydrogens (tertiary/aromatic N) is 1. The van der Waals surface area contributed by atoms with Gasteiger partial charge in [-0.05, 0) is 45.1 Å². The molecule has 2 aliphatic carbocycles. The molecule has 4 heteroatoms. The Morgan fingerprint density at radius 3 is 2.56 bits per heavy atom. The number of urea groups is 1. The van der Waals surface area contributed by atoms with Gasteiger partial charge in [0.15, 0.2) is 0 Å². The fourth-order valence-corrected chi connectivity index (χ4v) is 3.56. The number of hydrogen-bond donors (Lipinski definition) is 2. The maximum atomic E-state index is 12.4. The van der Waals surface area contributed by atoms with Crippen LogP contribution < -0.4 is 11.1 Å². The standard InChI is InChI=1S/C14H27N3O/c1-2-17(13-9-5-6-11(13)10-15)14(18)16-12-7-3-4-8-12/h11-13H,2-10,15H2,1H3,(H,16,18). The smallest absolute Gasteiger partial charge is 0.317 e. The molecule has 2 fully saturated rings. The van der Waals surface area contributed by atoms with E-state index in [0.29, 0.717) is 24.5 Å². The van der Waals surface area contributed by atoms with Crippen LogP contribution in [0.15, 0.2) is 0 Å². The Morgan fingerprint density at radius 1 is 1.22 bits per heavy atom. The summed E-state index contributed by atoms with van der Waals surface area (Å²) in [5.41, 5.74) is 5.82. The van der Waals surface area contributed by atoms with Crippen LogP contribution in [0.5, 0.6) is 0 Å². The summed E-state index contributed by atoms with van der Waals surface area (Å²) in [4.78, 5) is 14.4. The number of rotatable bonds is 4. The summed E-state index contributed by atoms with van der Waals surface area (Å²) in [5.74, 6) is 0.499. The quantitative estimate of drug-likeness (QED) is 0.806. The highest BCUT2D eigenvalue weighted by Gasteiger charge is 2.33. The van der Waals surface area contributed by atoms with Gasteiger partial charge in [0.25, 0.3) is 0 Å². The highest BCUT2D eigenvalue weighted by molar-refractivity contribution is 5.75. The second-order valence-corrected chi connectivity index (χ2v) is 5.71. The van der Waals surface area contributed by atoms with Crippen LogP contribution in [-0.4, -0.2) is 36.1 Å². The van der Waals surface area contributed by atoms with Gasteiger partial charge in [0.05, 0.1) is 0 Å². The van der Waals surface area contributed by atoms with Gasteiger partial charge in [-0.3, -0.25) is 0 Å². The van der Waals surface area contributed by atoms with Crippen LogP contribution in [0, 0.1) is 5.92 Å². The Bertz CT molecular complexity index is 276. The van der Waals surface area contributed by atoms with Gasteiger partial charge >= 0.3 is 6.03 Å². The number of amides is 2. The zero-order valence-electron chi connectivity index (χ0n) is 11.5. The summed E-state index contributed by atoms with van der Waals surface area (Å²) in [5, 5.41) is 3.20. The number of carbonyl (C=O) groups excluding carboxylic acids is 1. The molecule has 3 N–H and O–H groups in total. The van der Waals surface area contributed by atoms with Gasteiger partial charge in [0.1, 0.15) is 0 Å². The van der Waals surface area contributed by atoms with Crippen molar-refractivity contribution >= 4 is 6.03 Å². The Balaban J connectivity index is 1.92. The van der Waals surface area contributed by atoms with Crippen LogP contribution in [0.4, 0.5) is 4.79 Å². The van der Waals surface area contributed by atoms with Crippen molar-refractivity contribution in [1.29, 1.82) is 0 Å². The Labute approximate surface area is 110 Å². The van der Waals surface area contributed by atoms with E-state index in [-0.39, 0.29) is 6.03 Å². The van der Waals surface area contributed by atoms with E-state index in [1.807, 2.05) is 4.90 Å². The van der Waals surface area contributed by atoms with Gasteiger partial charge in [-0.15, -0.1) is 0 Å². The van der Waals surface area contributed by atoms with Gasteiger partial charge < -0.3 is 16.0 Å². The molecule has 2 rings (SSSR count). The van der Waals surface area contributed by atoms with Gasteiger partial charge in [-0.25, -0.2) is 4.79 Å². The normalized spacial score (nSPS) is 28.6. The van der Waals surface area contributed by atoms with Gasteiger partial charge in [0, 0.05) is 18.6 Å². The average Bonchev–Trinajstić information content (AvgIpc) is 3.01. The maximum Gasteiger partial charge on any atom is 0.317 e. The minimum Gasteiger partial charge on any atom is -0.335 e. The maximum absolute atomic E-state index is 12.4. The van der Waals surface area contributed by atoms with E-state index in [4.69, 9.17) is 5.73 Å². The number of carbonyl (C=O) groups is 1. The molecule has 104 valence electrons. The summed E-state index contributed by atoms with van der Waals surface area (Å²) in [6.45, 7) is 3.57. The molecular weight excluding hydrogens is 226 g/mol. The molecule has 2 aliphatic rings. The molecular formula is C14H27N3O. The summed E-state index contributed by atoms with van der Waals surface area (Å²) in [6, 6.07) is 0.903. The van der Waals surface area contributed by atoms with Crippen LogP contribution >= 0.6 is 0 Å². The van der Waals surface area contributed by atoms with Crippen LogP contribution in [0.25, 0.3) is 0 Å². The van der Waals surface area contributed by atoms with Crippen LogP contribution in [0.1, 0.15) is 51.9 Å². The summed E-state index contributed by atoms with van der Waals surface area (Å²) in [7, 11) is 0. The minimum atomic E-state index is 0.134. The molecule has 0 aromatic heterocycles. The zero-order chi connectivity index (χ0) is 13.0. The molecule has 0 radical (unpaired) electrons. The number of nitrogens with one attached hydrogen (secondary N) is 1. The van der Waals surface area contributed by atoms with E-state index < -0.39 is 0 Å². The van der Waals surface area contributed by atoms with Crippen LogP contribution in [0.2, 0.25) is 0 Å². The second-order valence-electron chi connectivity index (χ2n) is 5.71. The third-order valence-corrected chi connectivity index (χ3v) is 4.61. The van der Waals surface area contributed by atoms with Crippen molar-refractivity contribution in [2.24, 2.45) is 11.7 Å². The van der Waals surface area contributed by atoms with Crippen molar-refractivity contribution < 1.29 is 4.79 Å². The summed E-state index contributed by atoms with van der Waals surface area (Å²) < 4.78 is 0. The molecule has 4 nitrogen and oxygen atoms in total.